The molecule has 0 saturated carbocycles. The topological polar surface area (TPSA) is 0 Å². The van der Waals surface area contributed by atoms with Crippen molar-refractivity contribution in [2.75, 3.05) is 0 Å². The van der Waals surface area contributed by atoms with Gasteiger partial charge in [0.2, 0.25) is 0 Å². The summed E-state index contributed by atoms with van der Waals surface area (Å²) in [7, 11) is 0. The molecule has 4 aromatic carbocycles. The van der Waals surface area contributed by atoms with Crippen molar-refractivity contribution in [2.24, 2.45) is 0 Å². The zero-order chi connectivity index (χ0) is 20.2. The molecule has 0 heterocycles. The van der Waals surface area contributed by atoms with Gasteiger partial charge >= 0.3 is 0 Å². The van der Waals surface area contributed by atoms with Crippen LogP contribution in [0.25, 0.3) is 11.1 Å². The van der Waals surface area contributed by atoms with Crippen molar-refractivity contribution >= 4 is 31.9 Å². The molecule has 5 rings (SSSR count). The van der Waals surface area contributed by atoms with Crippen LogP contribution in [0.4, 0.5) is 0 Å². The van der Waals surface area contributed by atoms with E-state index in [1.54, 1.807) is 0 Å². The Morgan fingerprint density at radius 1 is 0.552 bits per heavy atom. The van der Waals surface area contributed by atoms with Crippen LogP contribution in [0.5, 0.6) is 0 Å². The number of hydrogen-bond acceptors (Lipinski definition) is 0. The van der Waals surface area contributed by atoms with Crippen LogP contribution in [0.3, 0.4) is 0 Å². The summed E-state index contributed by atoms with van der Waals surface area (Å²) < 4.78 is 2.21. The van der Waals surface area contributed by atoms with Gasteiger partial charge in [0.25, 0.3) is 0 Å². The van der Waals surface area contributed by atoms with Gasteiger partial charge in [-0.2, -0.15) is 0 Å². The first kappa shape index (κ1) is 18.8. The predicted molar refractivity (Wildman–Crippen MR) is 129 cm³/mol. The average molecular weight is 504 g/mol. The van der Waals surface area contributed by atoms with Gasteiger partial charge in [-0.1, -0.05) is 104 Å². The molecular weight excluding hydrogens is 484 g/mol. The molecule has 0 nitrogen and oxygen atoms in total. The fourth-order valence-corrected chi connectivity index (χ4v) is 5.54. The molecule has 2 heteroatoms. The van der Waals surface area contributed by atoms with E-state index in [1.807, 2.05) is 0 Å². The monoisotopic (exact) mass is 502 g/mol. The summed E-state index contributed by atoms with van der Waals surface area (Å²) in [5, 5.41) is 0. The molecule has 0 aromatic heterocycles. The molecule has 0 saturated heterocycles. The van der Waals surface area contributed by atoms with Gasteiger partial charge in [0, 0.05) is 8.95 Å². The normalized spacial score (nSPS) is 13.8. The number of rotatable bonds is 2. The minimum atomic E-state index is -0.351. The molecule has 0 N–H and O–H groups in total. The van der Waals surface area contributed by atoms with E-state index in [-0.39, 0.29) is 5.41 Å². The Morgan fingerprint density at radius 2 is 1.00 bits per heavy atom. The Hall–Kier alpha value is -2.16. The highest BCUT2D eigenvalue weighted by Crippen LogP contribution is 2.57. The van der Waals surface area contributed by atoms with Crippen molar-refractivity contribution in [1.29, 1.82) is 0 Å². The third-order valence-corrected chi connectivity index (χ3v) is 6.95. The lowest BCUT2D eigenvalue weighted by Crippen LogP contribution is -2.28. The third kappa shape index (κ3) is 2.85. The number of benzene rings is 4. The summed E-state index contributed by atoms with van der Waals surface area (Å²) in [6, 6.07) is 31.3. The maximum atomic E-state index is 3.74. The van der Waals surface area contributed by atoms with E-state index in [1.165, 1.54) is 44.5 Å². The van der Waals surface area contributed by atoms with Crippen LogP contribution in [0.1, 0.15) is 33.4 Å². The molecule has 0 bridgehead atoms. The van der Waals surface area contributed by atoms with Crippen molar-refractivity contribution < 1.29 is 0 Å². The summed E-state index contributed by atoms with van der Waals surface area (Å²) in [5.41, 5.74) is 10.1. The molecule has 4 aromatic rings. The lowest BCUT2D eigenvalue weighted by Gasteiger charge is -2.34. The number of aryl methyl sites for hydroxylation is 2. The molecule has 0 fully saturated rings. The van der Waals surface area contributed by atoms with E-state index >= 15 is 0 Å². The van der Waals surface area contributed by atoms with Crippen molar-refractivity contribution in [3.8, 4) is 11.1 Å². The summed E-state index contributed by atoms with van der Waals surface area (Å²) >= 11 is 7.48. The van der Waals surface area contributed by atoms with Gasteiger partial charge in [-0.05, 0) is 71.5 Å². The van der Waals surface area contributed by atoms with Crippen molar-refractivity contribution in [2.45, 2.75) is 19.3 Å². The fourth-order valence-electron chi connectivity index (χ4n) is 4.81. The van der Waals surface area contributed by atoms with Crippen LogP contribution < -0.4 is 0 Å². The van der Waals surface area contributed by atoms with Gasteiger partial charge in [0.05, 0.1) is 5.41 Å². The Balaban J connectivity index is 2.01. The van der Waals surface area contributed by atoms with E-state index in [9.17, 15) is 0 Å². The van der Waals surface area contributed by atoms with Gasteiger partial charge in [0.1, 0.15) is 0 Å². The second-order valence-electron chi connectivity index (χ2n) is 7.87. The maximum absolute atomic E-state index is 3.74. The van der Waals surface area contributed by atoms with Crippen molar-refractivity contribution in [1.82, 2.24) is 0 Å². The highest BCUT2D eigenvalue weighted by molar-refractivity contribution is 9.10. The van der Waals surface area contributed by atoms with E-state index in [0.717, 1.165) is 8.95 Å². The highest BCUT2D eigenvalue weighted by atomic mass is 79.9. The molecule has 0 spiro atoms. The van der Waals surface area contributed by atoms with Crippen LogP contribution in [0.15, 0.2) is 93.9 Å². The second-order valence-corrected chi connectivity index (χ2v) is 9.70. The SMILES string of the molecule is Cc1cccc(C2(c3cccc(C)c3)c3cc(Br)ccc3-c3ccc(Br)cc32)c1. The molecule has 0 amide bonds. The number of hydrogen-bond donors (Lipinski definition) is 0. The van der Waals surface area contributed by atoms with Crippen LogP contribution >= 0.6 is 31.9 Å². The average Bonchev–Trinajstić information content (AvgIpc) is 2.97. The molecule has 0 atom stereocenters. The molecule has 0 radical (unpaired) electrons. The first-order valence-corrected chi connectivity index (χ1v) is 11.3. The lowest BCUT2D eigenvalue weighted by molar-refractivity contribution is 0.765. The van der Waals surface area contributed by atoms with Crippen molar-refractivity contribution in [3.05, 3.63) is 127 Å². The van der Waals surface area contributed by atoms with E-state index in [2.05, 4.69) is 131 Å². The molecule has 29 heavy (non-hydrogen) atoms. The van der Waals surface area contributed by atoms with Gasteiger partial charge < -0.3 is 0 Å². The number of halogens is 2. The van der Waals surface area contributed by atoms with Crippen LogP contribution in [0, 0.1) is 13.8 Å². The largest absolute Gasteiger partial charge is 0.0714 e. The minimum Gasteiger partial charge on any atom is -0.0617 e. The summed E-state index contributed by atoms with van der Waals surface area (Å²) in [5.74, 6) is 0. The molecule has 142 valence electrons. The molecule has 0 aliphatic heterocycles. The first-order valence-electron chi connectivity index (χ1n) is 9.75. The Bertz CT molecular complexity index is 1150. The van der Waals surface area contributed by atoms with Gasteiger partial charge in [0.15, 0.2) is 0 Å². The summed E-state index contributed by atoms with van der Waals surface area (Å²) in [6.07, 6.45) is 0. The van der Waals surface area contributed by atoms with E-state index < -0.39 is 0 Å². The van der Waals surface area contributed by atoms with Crippen LogP contribution in [0.2, 0.25) is 0 Å². The zero-order valence-corrected chi connectivity index (χ0v) is 19.5. The van der Waals surface area contributed by atoms with Crippen molar-refractivity contribution in [3.63, 3.8) is 0 Å². The molecule has 1 aliphatic carbocycles. The van der Waals surface area contributed by atoms with Crippen LogP contribution in [-0.2, 0) is 5.41 Å². The standard InChI is InChI=1S/C27H20Br2/c1-17-5-3-7-19(13-17)27(20-8-4-6-18(2)14-20)25-15-21(28)9-11-23(25)24-12-10-22(29)16-26(24)27/h3-16H,1-2H3. The Kier molecular flexibility index (Phi) is 4.53. The fraction of sp³-hybridized carbons (Fsp3) is 0.111. The summed E-state index contributed by atoms with van der Waals surface area (Å²) in [6.45, 7) is 4.35. The number of fused-ring (bicyclic) bond motifs is 3. The van der Waals surface area contributed by atoms with E-state index in [4.69, 9.17) is 0 Å². The molecular formula is C27H20Br2. The smallest absolute Gasteiger partial charge is 0.0617 e. The van der Waals surface area contributed by atoms with Gasteiger partial charge in [-0.25, -0.2) is 0 Å². The lowest BCUT2D eigenvalue weighted by atomic mass is 9.67. The van der Waals surface area contributed by atoms with E-state index in [0.29, 0.717) is 0 Å². The maximum Gasteiger partial charge on any atom is 0.0714 e. The Labute approximate surface area is 188 Å². The predicted octanol–water partition coefficient (Wildman–Crippen LogP) is 8.19. The quantitative estimate of drug-likeness (QED) is 0.228. The highest BCUT2D eigenvalue weighted by Gasteiger charge is 2.46. The zero-order valence-electron chi connectivity index (χ0n) is 16.3. The first-order chi connectivity index (χ1) is 14.0. The Morgan fingerprint density at radius 3 is 1.41 bits per heavy atom. The molecule has 0 unspecified atom stereocenters. The second kappa shape index (κ2) is 6.97. The third-order valence-electron chi connectivity index (χ3n) is 5.96. The molecule has 1 aliphatic rings. The van der Waals surface area contributed by atoms with Gasteiger partial charge in [-0.3, -0.25) is 0 Å². The van der Waals surface area contributed by atoms with Gasteiger partial charge in [-0.15, -0.1) is 0 Å². The minimum absolute atomic E-state index is 0.351. The summed E-state index contributed by atoms with van der Waals surface area (Å²) in [4.78, 5) is 0. The van der Waals surface area contributed by atoms with Crippen LogP contribution in [-0.4, -0.2) is 0 Å².